The van der Waals surface area contributed by atoms with Crippen molar-refractivity contribution in [2.45, 2.75) is 52.3 Å². The van der Waals surface area contributed by atoms with Gasteiger partial charge in [-0.15, -0.1) is 0 Å². The lowest BCUT2D eigenvalue weighted by atomic mass is 9.90. The van der Waals surface area contributed by atoms with E-state index in [1.807, 2.05) is 0 Å². The van der Waals surface area contributed by atoms with E-state index in [2.05, 4.69) is 0 Å². The number of carbonyl (C=O) groups excluding carboxylic acids is 2. The second-order valence-electron chi connectivity index (χ2n) is 7.25. The van der Waals surface area contributed by atoms with Crippen LogP contribution in [0.25, 0.3) is 0 Å². The van der Waals surface area contributed by atoms with Gasteiger partial charge in [-0.3, -0.25) is 4.79 Å². The average molecular weight is 345 g/mol. The lowest BCUT2D eigenvalue weighted by molar-refractivity contribution is -0.146. The smallest absolute Gasteiger partial charge is 0.410 e. The van der Waals surface area contributed by atoms with Crippen LogP contribution in [0.1, 0.15) is 34.6 Å². The maximum absolute atomic E-state index is 13.1. The summed E-state index contributed by atoms with van der Waals surface area (Å²) >= 11 is 0. The third-order valence-electron chi connectivity index (χ3n) is 3.95. The van der Waals surface area contributed by atoms with Gasteiger partial charge in [0.2, 0.25) is 5.91 Å². The van der Waals surface area contributed by atoms with Gasteiger partial charge in [-0.05, 0) is 34.6 Å². The topological polar surface area (TPSA) is 73.6 Å². The van der Waals surface area contributed by atoms with Crippen LogP contribution < -0.4 is 0 Å². The molecular weight excluding hydrogens is 320 g/mol. The molecule has 1 rings (SSSR count). The molecule has 2 atom stereocenters. The number of ether oxygens (including phenoxy) is 1. The zero-order valence-electron chi connectivity index (χ0n) is 14.8. The van der Waals surface area contributed by atoms with Gasteiger partial charge < -0.3 is 14.5 Å². The fourth-order valence-corrected chi connectivity index (χ4v) is 2.52. The third-order valence-corrected chi connectivity index (χ3v) is 3.95. The standard InChI is InChI=1S/C16H25F2N3O3/c1-11-7-21(14(23)24-15(3,4)5)12(2)6-20(11)13(22)16(8-17,9-18)10-19/h11-12H,6-9H2,1-5H3/t11-,12+/m1/s1. The third kappa shape index (κ3) is 4.13. The molecule has 0 N–H and O–H groups in total. The van der Waals surface area contributed by atoms with Crippen LogP contribution in [0.5, 0.6) is 0 Å². The number of amides is 2. The molecule has 1 aliphatic rings. The molecule has 0 aliphatic carbocycles. The first-order chi connectivity index (χ1) is 11.0. The summed E-state index contributed by atoms with van der Waals surface area (Å²) in [4.78, 5) is 27.5. The van der Waals surface area contributed by atoms with Gasteiger partial charge in [0.15, 0.2) is 5.41 Å². The van der Waals surface area contributed by atoms with Crippen molar-refractivity contribution in [2.24, 2.45) is 5.41 Å². The number of carbonyl (C=O) groups is 2. The van der Waals surface area contributed by atoms with Crippen LogP contribution in [0.15, 0.2) is 0 Å². The molecule has 2 amide bonds. The first kappa shape index (κ1) is 20.1. The van der Waals surface area contributed by atoms with Crippen molar-refractivity contribution < 1.29 is 23.1 Å². The molecule has 1 saturated heterocycles. The monoisotopic (exact) mass is 345 g/mol. The Bertz CT molecular complexity index is 524. The Morgan fingerprint density at radius 1 is 1.12 bits per heavy atom. The molecule has 0 unspecified atom stereocenters. The van der Waals surface area contributed by atoms with E-state index in [0.717, 1.165) is 0 Å². The average Bonchev–Trinajstić information content (AvgIpc) is 2.49. The predicted molar refractivity (Wildman–Crippen MR) is 83.6 cm³/mol. The van der Waals surface area contributed by atoms with E-state index >= 15 is 0 Å². The van der Waals surface area contributed by atoms with Gasteiger partial charge in [-0.25, -0.2) is 13.6 Å². The highest BCUT2D eigenvalue weighted by atomic mass is 19.1. The lowest BCUT2D eigenvalue weighted by Gasteiger charge is -2.45. The van der Waals surface area contributed by atoms with Crippen molar-refractivity contribution in [1.29, 1.82) is 5.26 Å². The molecule has 136 valence electrons. The number of halogens is 2. The SMILES string of the molecule is C[C@@H]1CN(C(=O)OC(C)(C)C)[C@@H](C)CN1C(=O)C(C#N)(CF)CF. The number of nitriles is 1. The van der Waals surface area contributed by atoms with Crippen LogP contribution in [0.2, 0.25) is 0 Å². The zero-order valence-corrected chi connectivity index (χ0v) is 14.8. The van der Waals surface area contributed by atoms with E-state index in [4.69, 9.17) is 10.00 Å². The van der Waals surface area contributed by atoms with Crippen molar-refractivity contribution in [3.63, 3.8) is 0 Å². The van der Waals surface area contributed by atoms with Crippen molar-refractivity contribution in [2.75, 3.05) is 26.4 Å². The van der Waals surface area contributed by atoms with Gasteiger partial charge in [0.1, 0.15) is 19.0 Å². The summed E-state index contributed by atoms with van der Waals surface area (Å²) in [5.74, 6) is -0.877. The van der Waals surface area contributed by atoms with Crippen LogP contribution in [0.4, 0.5) is 13.6 Å². The van der Waals surface area contributed by atoms with Crippen molar-refractivity contribution >= 4 is 12.0 Å². The maximum Gasteiger partial charge on any atom is 0.410 e. The zero-order chi connectivity index (χ0) is 18.7. The second-order valence-corrected chi connectivity index (χ2v) is 7.25. The van der Waals surface area contributed by atoms with Gasteiger partial charge in [-0.2, -0.15) is 5.26 Å². The van der Waals surface area contributed by atoms with Crippen molar-refractivity contribution in [3.8, 4) is 6.07 Å². The highest BCUT2D eigenvalue weighted by Gasteiger charge is 2.46. The number of alkyl halides is 2. The highest BCUT2D eigenvalue weighted by molar-refractivity contribution is 5.86. The molecule has 0 aromatic heterocycles. The minimum atomic E-state index is -2.30. The maximum atomic E-state index is 13.1. The van der Waals surface area contributed by atoms with E-state index in [0.29, 0.717) is 0 Å². The molecule has 24 heavy (non-hydrogen) atoms. The first-order valence-corrected chi connectivity index (χ1v) is 7.85. The van der Waals surface area contributed by atoms with E-state index in [9.17, 15) is 18.4 Å². The Labute approximate surface area is 141 Å². The normalized spacial score (nSPS) is 22.1. The molecule has 1 heterocycles. The molecule has 0 aromatic rings. The summed E-state index contributed by atoms with van der Waals surface area (Å²) in [7, 11) is 0. The Balaban J connectivity index is 2.92. The second kappa shape index (κ2) is 7.32. The molecule has 0 aromatic carbocycles. The summed E-state index contributed by atoms with van der Waals surface area (Å²) in [6, 6.07) is 0.593. The number of rotatable bonds is 3. The summed E-state index contributed by atoms with van der Waals surface area (Å²) in [6.45, 7) is 6.13. The molecule has 0 spiro atoms. The fourth-order valence-electron chi connectivity index (χ4n) is 2.52. The molecule has 1 aliphatic heterocycles. The van der Waals surface area contributed by atoms with Crippen LogP contribution >= 0.6 is 0 Å². The van der Waals surface area contributed by atoms with E-state index in [1.165, 1.54) is 15.9 Å². The van der Waals surface area contributed by atoms with Gasteiger partial charge in [0.25, 0.3) is 0 Å². The first-order valence-electron chi connectivity index (χ1n) is 7.85. The summed E-state index contributed by atoms with van der Waals surface area (Å²) in [5.41, 5.74) is -2.95. The fraction of sp³-hybridized carbons (Fsp3) is 0.812. The summed E-state index contributed by atoms with van der Waals surface area (Å²) < 4.78 is 31.6. The Morgan fingerprint density at radius 3 is 2.00 bits per heavy atom. The Morgan fingerprint density at radius 2 is 1.58 bits per heavy atom. The Kier molecular flexibility index (Phi) is 6.15. The van der Waals surface area contributed by atoms with Crippen molar-refractivity contribution in [3.05, 3.63) is 0 Å². The molecule has 0 bridgehead atoms. The van der Waals surface area contributed by atoms with Crippen LogP contribution in [0.3, 0.4) is 0 Å². The van der Waals surface area contributed by atoms with E-state index in [1.54, 1.807) is 34.6 Å². The number of hydrogen-bond acceptors (Lipinski definition) is 4. The number of nitrogens with zero attached hydrogens (tertiary/aromatic N) is 3. The van der Waals surface area contributed by atoms with E-state index in [-0.39, 0.29) is 13.1 Å². The molecule has 0 radical (unpaired) electrons. The Hall–Kier alpha value is -1.91. The van der Waals surface area contributed by atoms with Crippen molar-refractivity contribution in [1.82, 2.24) is 9.80 Å². The minimum Gasteiger partial charge on any atom is -0.444 e. The van der Waals surface area contributed by atoms with E-state index < -0.39 is 48.4 Å². The highest BCUT2D eigenvalue weighted by Crippen LogP contribution is 2.26. The van der Waals surface area contributed by atoms with Gasteiger partial charge in [-0.1, -0.05) is 0 Å². The molecular formula is C16H25F2N3O3. The van der Waals surface area contributed by atoms with Crippen LogP contribution in [-0.2, 0) is 9.53 Å². The summed E-state index contributed by atoms with van der Waals surface area (Å²) in [5, 5.41) is 9.04. The lowest BCUT2D eigenvalue weighted by Crippen LogP contribution is -2.62. The van der Waals surface area contributed by atoms with Crippen LogP contribution in [0, 0.1) is 16.7 Å². The van der Waals surface area contributed by atoms with Gasteiger partial charge in [0.05, 0.1) is 6.07 Å². The van der Waals surface area contributed by atoms with Gasteiger partial charge in [0, 0.05) is 25.2 Å². The summed E-state index contributed by atoms with van der Waals surface area (Å²) in [6.07, 6.45) is -0.503. The quantitative estimate of drug-likeness (QED) is 0.787. The molecule has 0 saturated carbocycles. The van der Waals surface area contributed by atoms with Crippen LogP contribution in [-0.4, -0.2) is 65.9 Å². The largest absolute Gasteiger partial charge is 0.444 e. The van der Waals surface area contributed by atoms with Gasteiger partial charge >= 0.3 is 6.09 Å². The predicted octanol–water partition coefficient (Wildman–Crippen LogP) is 2.29. The molecule has 6 nitrogen and oxygen atoms in total. The molecule has 8 heteroatoms. The minimum absolute atomic E-state index is 0.0860. The molecule has 1 fully saturated rings. The number of piperazine rings is 1. The number of hydrogen-bond donors (Lipinski definition) is 0.